The Bertz CT molecular complexity index is 147. The second-order valence-corrected chi connectivity index (χ2v) is 4.58. The molecule has 16 heavy (non-hydrogen) atoms. The third-order valence-electron chi connectivity index (χ3n) is 3.05. The maximum atomic E-state index is 5.46. The van der Waals surface area contributed by atoms with Crippen molar-refractivity contribution in [3.63, 3.8) is 0 Å². The van der Waals surface area contributed by atoms with Gasteiger partial charge in [0.05, 0.1) is 19.8 Å². The molecule has 0 spiro atoms. The first kappa shape index (κ1) is 13.9. The van der Waals surface area contributed by atoms with E-state index in [2.05, 4.69) is 12.2 Å². The van der Waals surface area contributed by atoms with Gasteiger partial charge in [-0.2, -0.15) is 0 Å². The third kappa shape index (κ3) is 7.20. The molecule has 1 N–H and O–H groups in total. The van der Waals surface area contributed by atoms with Crippen LogP contribution in [0, 0.1) is 5.92 Å². The molecule has 1 saturated carbocycles. The van der Waals surface area contributed by atoms with Gasteiger partial charge in [-0.25, -0.2) is 0 Å². The minimum absolute atomic E-state index is 0.727. The van der Waals surface area contributed by atoms with Crippen LogP contribution in [0.4, 0.5) is 0 Å². The van der Waals surface area contributed by atoms with Crippen LogP contribution in [0.25, 0.3) is 0 Å². The highest BCUT2D eigenvalue weighted by Gasteiger charge is 2.13. The van der Waals surface area contributed by atoms with Gasteiger partial charge >= 0.3 is 0 Å². The van der Waals surface area contributed by atoms with Gasteiger partial charge in [-0.3, -0.25) is 0 Å². The van der Waals surface area contributed by atoms with Gasteiger partial charge < -0.3 is 14.8 Å². The van der Waals surface area contributed by atoms with Crippen molar-refractivity contribution < 1.29 is 9.47 Å². The Morgan fingerprint density at radius 2 is 1.69 bits per heavy atom. The van der Waals surface area contributed by atoms with Crippen LogP contribution in [0.15, 0.2) is 0 Å². The van der Waals surface area contributed by atoms with Crippen LogP contribution in [0.2, 0.25) is 0 Å². The van der Waals surface area contributed by atoms with E-state index in [4.69, 9.17) is 9.47 Å². The molecule has 1 aliphatic carbocycles. The maximum Gasteiger partial charge on any atom is 0.0701 e. The highest BCUT2D eigenvalue weighted by molar-refractivity contribution is 4.69. The molecule has 0 atom stereocenters. The summed E-state index contributed by atoms with van der Waals surface area (Å²) in [5.41, 5.74) is 0. The Labute approximate surface area is 99.9 Å². The molecule has 0 saturated heterocycles. The van der Waals surface area contributed by atoms with Crippen molar-refractivity contribution in [3.8, 4) is 0 Å². The second kappa shape index (κ2) is 10.1. The van der Waals surface area contributed by atoms with Crippen molar-refractivity contribution in [2.75, 3.05) is 39.5 Å². The van der Waals surface area contributed by atoms with Gasteiger partial charge in [0.25, 0.3) is 0 Å². The summed E-state index contributed by atoms with van der Waals surface area (Å²) in [6.07, 6.45) is 6.77. The number of hydrogen-bond donors (Lipinski definition) is 1. The van der Waals surface area contributed by atoms with E-state index in [1.54, 1.807) is 0 Å². The van der Waals surface area contributed by atoms with Crippen molar-refractivity contribution in [2.45, 2.75) is 39.0 Å². The smallest absolute Gasteiger partial charge is 0.0701 e. The Morgan fingerprint density at radius 3 is 2.38 bits per heavy atom. The number of hydrogen-bond acceptors (Lipinski definition) is 3. The lowest BCUT2D eigenvalue weighted by atomic mass is 10.1. The van der Waals surface area contributed by atoms with Crippen molar-refractivity contribution >= 4 is 0 Å². The highest BCUT2D eigenvalue weighted by Crippen LogP contribution is 2.23. The summed E-state index contributed by atoms with van der Waals surface area (Å²) in [7, 11) is 0. The molecule has 96 valence electrons. The molecule has 0 bridgehead atoms. The summed E-state index contributed by atoms with van der Waals surface area (Å²) in [5.74, 6) is 0.924. The predicted molar refractivity (Wildman–Crippen MR) is 66.8 cm³/mol. The molecule has 1 aliphatic rings. The van der Waals surface area contributed by atoms with Gasteiger partial charge in [0.15, 0.2) is 0 Å². The third-order valence-corrected chi connectivity index (χ3v) is 3.05. The van der Waals surface area contributed by atoms with Crippen LogP contribution in [-0.4, -0.2) is 39.5 Å². The molecule has 0 unspecified atom stereocenters. The summed E-state index contributed by atoms with van der Waals surface area (Å²) in [6, 6.07) is 0. The zero-order valence-corrected chi connectivity index (χ0v) is 10.7. The molecule has 0 aromatic carbocycles. The highest BCUT2D eigenvalue weighted by atomic mass is 16.5. The van der Waals surface area contributed by atoms with Gasteiger partial charge in [-0.15, -0.1) is 0 Å². The van der Waals surface area contributed by atoms with E-state index in [1.165, 1.54) is 32.2 Å². The minimum atomic E-state index is 0.727. The average molecular weight is 229 g/mol. The van der Waals surface area contributed by atoms with Gasteiger partial charge in [0, 0.05) is 13.2 Å². The fraction of sp³-hybridized carbons (Fsp3) is 1.00. The number of ether oxygens (including phenoxy) is 2. The van der Waals surface area contributed by atoms with E-state index in [0.717, 1.165) is 45.3 Å². The van der Waals surface area contributed by atoms with Crippen molar-refractivity contribution in [2.24, 2.45) is 5.92 Å². The fourth-order valence-electron chi connectivity index (χ4n) is 2.13. The average Bonchev–Trinajstić information content (AvgIpc) is 2.80. The Hall–Kier alpha value is -0.120. The van der Waals surface area contributed by atoms with E-state index in [0.29, 0.717) is 0 Å². The molecule has 3 nitrogen and oxygen atoms in total. The van der Waals surface area contributed by atoms with E-state index in [9.17, 15) is 0 Å². The van der Waals surface area contributed by atoms with Crippen LogP contribution in [0.3, 0.4) is 0 Å². The molecule has 3 heteroatoms. The standard InChI is InChI=1S/C13H27NO2/c1-2-8-15-10-11-16-9-7-14-12-13-5-3-4-6-13/h13-14H,2-12H2,1H3. The minimum Gasteiger partial charge on any atom is -0.379 e. The van der Waals surface area contributed by atoms with Gasteiger partial charge in [-0.1, -0.05) is 19.8 Å². The van der Waals surface area contributed by atoms with E-state index >= 15 is 0 Å². The van der Waals surface area contributed by atoms with E-state index < -0.39 is 0 Å². The van der Waals surface area contributed by atoms with Crippen LogP contribution in [-0.2, 0) is 9.47 Å². The van der Waals surface area contributed by atoms with Crippen molar-refractivity contribution in [3.05, 3.63) is 0 Å². The van der Waals surface area contributed by atoms with Gasteiger partial charge in [0.2, 0.25) is 0 Å². The Balaban J connectivity index is 1.71. The normalized spacial score (nSPS) is 17.1. The van der Waals surface area contributed by atoms with Crippen LogP contribution >= 0.6 is 0 Å². The lowest BCUT2D eigenvalue weighted by Gasteiger charge is -2.10. The second-order valence-electron chi connectivity index (χ2n) is 4.58. The van der Waals surface area contributed by atoms with Crippen molar-refractivity contribution in [1.29, 1.82) is 0 Å². The van der Waals surface area contributed by atoms with Crippen LogP contribution in [0.1, 0.15) is 39.0 Å². The Kier molecular flexibility index (Phi) is 8.77. The Morgan fingerprint density at radius 1 is 1.00 bits per heavy atom. The largest absolute Gasteiger partial charge is 0.379 e. The van der Waals surface area contributed by atoms with Gasteiger partial charge in [-0.05, 0) is 31.7 Å². The van der Waals surface area contributed by atoms with Gasteiger partial charge in [0.1, 0.15) is 0 Å². The molecule has 1 rings (SSSR count). The number of nitrogens with one attached hydrogen (secondary N) is 1. The lowest BCUT2D eigenvalue weighted by molar-refractivity contribution is 0.0489. The fourth-order valence-corrected chi connectivity index (χ4v) is 2.13. The first-order chi connectivity index (χ1) is 7.93. The van der Waals surface area contributed by atoms with E-state index in [1.807, 2.05) is 0 Å². The molecular formula is C13H27NO2. The monoisotopic (exact) mass is 229 g/mol. The topological polar surface area (TPSA) is 30.5 Å². The molecule has 1 fully saturated rings. The maximum absolute atomic E-state index is 5.46. The molecule has 0 amide bonds. The summed E-state index contributed by atoms with van der Waals surface area (Å²) < 4.78 is 10.8. The molecule has 0 radical (unpaired) electrons. The van der Waals surface area contributed by atoms with Crippen molar-refractivity contribution in [1.82, 2.24) is 5.32 Å². The first-order valence-electron chi connectivity index (χ1n) is 6.79. The predicted octanol–water partition coefficient (Wildman–Crippen LogP) is 2.21. The molecule has 0 aliphatic heterocycles. The lowest BCUT2D eigenvalue weighted by Crippen LogP contribution is -2.25. The zero-order chi connectivity index (χ0) is 11.5. The summed E-state index contributed by atoms with van der Waals surface area (Å²) >= 11 is 0. The molecular weight excluding hydrogens is 202 g/mol. The SMILES string of the molecule is CCCOCCOCCNCC1CCCC1. The van der Waals surface area contributed by atoms with E-state index in [-0.39, 0.29) is 0 Å². The summed E-state index contributed by atoms with van der Waals surface area (Å²) in [4.78, 5) is 0. The quantitative estimate of drug-likeness (QED) is 0.583. The molecule has 0 aromatic rings. The molecule has 0 aromatic heterocycles. The molecule has 0 heterocycles. The number of rotatable bonds is 10. The summed E-state index contributed by atoms with van der Waals surface area (Å²) in [5, 5.41) is 3.46. The first-order valence-corrected chi connectivity index (χ1v) is 6.79. The van der Waals surface area contributed by atoms with Crippen LogP contribution in [0.5, 0.6) is 0 Å². The zero-order valence-electron chi connectivity index (χ0n) is 10.7. The van der Waals surface area contributed by atoms with Crippen LogP contribution < -0.4 is 5.32 Å². The summed E-state index contributed by atoms with van der Waals surface area (Å²) in [6.45, 7) is 7.39.